The molecule has 0 spiro atoms. The minimum atomic E-state index is 0.00805. The van der Waals surface area contributed by atoms with Crippen molar-refractivity contribution in [1.29, 1.82) is 0 Å². The fourth-order valence-corrected chi connectivity index (χ4v) is 2.05. The third kappa shape index (κ3) is 4.24. The zero-order valence-electron chi connectivity index (χ0n) is 12.3. The van der Waals surface area contributed by atoms with Crippen LogP contribution in [0, 0.1) is 0 Å². The number of carbonyl (C=O) groups excluding carboxylic acids is 1. The molecule has 0 heterocycles. The largest absolute Gasteiger partial charge is 0.497 e. The number of amides is 1. The third-order valence-corrected chi connectivity index (χ3v) is 3.29. The van der Waals surface area contributed by atoms with E-state index in [2.05, 4.69) is 10.6 Å². The fourth-order valence-electron chi connectivity index (χ4n) is 2.05. The molecule has 2 aromatic carbocycles. The van der Waals surface area contributed by atoms with Crippen LogP contribution in [0.4, 0.5) is 5.69 Å². The lowest BCUT2D eigenvalue weighted by atomic mass is 10.1. The van der Waals surface area contributed by atoms with Gasteiger partial charge in [-0.25, -0.2) is 0 Å². The molecule has 0 aliphatic rings. The molecule has 1 amide bonds. The van der Waals surface area contributed by atoms with E-state index in [-0.39, 0.29) is 5.91 Å². The first-order valence-corrected chi connectivity index (χ1v) is 6.88. The highest BCUT2D eigenvalue weighted by atomic mass is 16.5. The van der Waals surface area contributed by atoms with E-state index in [1.54, 1.807) is 14.2 Å². The van der Waals surface area contributed by atoms with E-state index in [1.165, 1.54) is 0 Å². The van der Waals surface area contributed by atoms with Gasteiger partial charge in [-0.2, -0.15) is 0 Å². The quantitative estimate of drug-likeness (QED) is 0.857. The van der Waals surface area contributed by atoms with Crippen LogP contribution >= 0.6 is 0 Å². The molecule has 2 aromatic rings. The molecule has 110 valence electrons. The van der Waals surface area contributed by atoms with Crippen molar-refractivity contribution in [1.82, 2.24) is 5.32 Å². The van der Waals surface area contributed by atoms with Crippen LogP contribution in [0.3, 0.4) is 0 Å². The summed E-state index contributed by atoms with van der Waals surface area (Å²) < 4.78 is 5.14. The van der Waals surface area contributed by atoms with Gasteiger partial charge in [0.05, 0.1) is 13.5 Å². The van der Waals surface area contributed by atoms with Gasteiger partial charge in [0, 0.05) is 19.3 Å². The number of nitrogens with one attached hydrogen (secondary N) is 2. The van der Waals surface area contributed by atoms with Gasteiger partial charge in [0.2, 0.25) is 5.91 Å². The molecule has 21 heavy (non-hydrogen) atoms. The topological polar surface area (TPSA) is 50.4 Å². The molecule has 0 fully saturated rings. The first kappa shape index (κ1) is 14.9. The van der Waals surface area contributed by atoms with Crippen molar-refractivity contribution in [3.05, 3.63) is 59.7 Å². The van der Waals surface area contributed by atoms with Gasteiger partial charge in [-0.15, -0.1) is 0 Å². The standard InChI is InChI=1S/C17H20N2O2/c1-18-17(20)11-14-5-3-4-6-16(14)19-12-13-7-9-15(21-2)10-8-13/h3-10,19H,11-12H2,1-2H3,(H,18,20). The van der Waals surface area contributed by atoms with Crippen LogP contribution in [0.1, 0.15) is 11.1 Å². The first-order valence-electron chi connectivity index (χ1n) is 6.88. The monoisotopic (exact) mass is 284 g/mol. The number of hydrogen-bond donors (Lipinski definition) is 2. The molecule has 0 aliphatic carbocycles. The molecule has 0 unspecified atom stereocenters. The summed E-state index contributed by atoms with van der Waals surface area (Å²) in [5, 5.41) is 6.02. The highest BCUT2D eigenvalue weighted by molar-refractivity contribution is 5.80. The second kappa shape index (κ2) is 7.33. The highest BCUT2D eigenvalue weighted by Crippen LogP contribution is 2.18. The summed E-state index contributed by atoms with van der Waals surface area (Å²) in [4.78, 5) is 11.5. The maximum atomic E-state index is 11.5. The summed E-state index contributed by atoms with van der Waals surface area (Å²) in [7, 11) is 3.30. The summed E-state index contributed by atoms with van der Waals surface area (Å²) in [5.41, 5.74) is 3.13. The van der Waals surface area contributed by atoms with E-state index >= 15 is 0 Å². The Balaban J connectivity index is 2.03. The average molecular weight is 284 g/mol. The van der Waals surface area contributed by atoms with Crippen LogP contribution in [0.2, 0.25) is 0 Å². The van der Waals surface area contributed by atoms with Gasteiger partial charge in [-0.1, -0.05) is 30.3 Å². The Morgan fingerprint density at radius 3 is 2.48 bits per heavy atom. The summed E-state index contributed by atoms with van der Waals surface area (Å²) in [6.07, 6.45) is 0.377. The van der Waals surface area contributed by atoms with Crippen molar-refractivity contribution < 1.29 is 9.53 Å². The highest BCUT2D eigenvalue weighted by Gasteiger charge is 2.06. The Hall–Kier alpha value is -2.49. The molecule has 0 saturated carbocycles. The predicted octanol–water partition coefficient (Wildman–Crippen LogP) is 2.60. The number of benzene rings is 2. The summed E-state index contributed by atoms with van der Waals surface area (Å²) >= 11 is 0. The molecule has 0 saturated heterocycles. The molecule has 2 N–H and O–H groups in total. The lowest BCUT2D eigenvalue weighted by molar-refractivity contribution is -0.119. The van der Waals surface area contributed by atoms with Crippen molar-refractivity contribution in [3.63, 3.8) is 0 Å². The van der Waals surface area contributed by atoms with Crippen LogP contribution in [0.25, 0.3) is 0 Å². The number of hydrogen-bond acceptors (Lipinski definition) is 3. The lowest BCUT2D eigenvalue weighted by Gasteiger charge is -2.12. The van der Waals surface area contributed by atoms with Gasteiger partial charge < -0.3 is 15.4 Å². The SMILES string of the molecule is CNC(=O)Cc1ccccc1NCc1ccc(OC)cc1. The Morgan fingerprint density at radius 1 is 1.10 bits per heavy atom. The van der Waals surface area contributed by atoms with Gasteiger partial charge in [0.25, 0.3) is 0 Å². The van der Waals surface area contributed by atoms with E-state index < -0.39 is 0 Å². The lowest BCUT2D eigenvalue weighted by Crippen LogP contribution is -2.20. The summed E-state index contributed by atoms with van der Waals surface area (Å²) in [6, 6.07) is 15.8. The molecular formula is C17H20N2O2. The zero-order chi connectivity index (χ0) is 15.1. The third-order valence-electron chi connectivity index (χ3n) is 3.29. The van der Waals surface area contributed by atoms with E-state index in [1.807, 2.05) is 48.5 Å². The Kier molecular flexibility index (Phi) is 5.21. The van der Waals surface area contributed by atoms with Crippen LogP contribution < -0.4 is 15.4 Å². The summed E-state index contributed by atoms with van der Waals surface area (Å²) in [5.74, 6) is 0.854. The first-order chi connectivity index (χ1) is 10.2. The fraction of sp³-hybridized carbons (Fsp3) is 0.235. The molecule has 0 aromatic heterocycles. The molecule has 4 nitrogen and oxygen atoms in total. The van der Waals surface area contributed by atoms with Crippen molar-refractivity contribution in [2.75, 3.05) is 19.5 Å². The number of para-hydroxylation sites is 1. The van der Waals surface area contributed by atoms with Gasteiger partial charge >= 0.3 is 0 Å². The molecule has 0 bridgehead atoms. The van der Waals surface area contributed by atoms with Gasteiger partial charge in [-0.3, -0.25) is 4.79 Å². The Bertz CT molecular complexity index is 594. The number of ether oxygens (including phenoxy) is 1. The molecule has 4 heteroatoms. The van der Waals surface area contributed by atoms with Crippen LogP contribution in [-0.2, 0) is 17.8 Å². The van der Waals surface area contributed by atoms with Crippen LogP contribution in [-0.4, -0.2) is 20.1 Å². The number of rotatable bonds is 6. The normalized spacial score (nSPS) is 10.0. The van der Waals surface area contributed by atoms with E-state index in [0.717, 1.165) is 22.6 Å². The van der Waals surface area contributed by atoms with E-state index in [0.29, 0.717) is 13.0 Å². The van der Waals surface area contributed by atoms with Gasteiger partial charge in [0.1, 0.15) is 5.75 Å². The predicted molar refractivity (Wildman–Crippen MR) is 84.5 cm³/mol. The molecular weight excluding hydrogens is 264 g/mol. The average Bonchev–Trinajstić information content (AvgIpc) is 2.54. The second-order valence-corrected chi connectivity index (χ2v) is 4.71. The maximum Gasteiger partial charge on any atom is 0.224 e. The smallest absolute Gasteiger partial charge is 0.224 e. The minimum absolute atomic E-state index is 0.00805. The molecule has 0 aliphatic heterocycles. The number of likely N-dealkylation sites (N-methyl/N-ethyl adjacent to an activating group) is 1. The number of carbonyl (C=O) groups is 1. The molecule has 2 rings (SSSR count). The van der Waals surface area contributed by atoms with E-state index in [9.17, 15) is 4.79 Å². The Morgan fingerprint density at radius 2 is 1.81 bits per heavy atom. The Labute approximate surface area is 125 Å². The van der Waals surface area contributed by atoms with Crippen LogP contribution in [0.5, 0.6) is 5.75 Å². The van der Waals surface area contributed by atoms with E-state index in [4.69, 9.17) is 4.74 Å². The zero-order valence-corrected chi connectivity index (χ0v) is 12.3. The van der Waals surface area contributed by atoms with Crippen molar-refractivity contribution in [2.45, 2.75) is 13.0 Å². The van der Waals surface area contributed by atoms with Crippen molar-refractivity contribution in [3.8, 4) is 5.75 Å². The number of methoxy groups -OCH3 is 1. The van der Waals surface area contributed by atoms with Crippen molar-refractivity contribution in [2.24, 2.45) is 0 Å². The van der Waals surface area contributed by atoms with Gasteiger partial charge in [0.15, 0.2) is 0 Å². The second-order valence-electron chi connectivity index (χ2n) is 4.71. The van der Waals surface area contributed by atoms with Gasteiger partial charge in [-0.05, 0) is 29.3 Å². The van der Waals surface area contributed by atoms with Crippen LogP contribution in [0.15, 0.2) is 48.5 Å². The molecule has 0 radical (unpaired) electrons. The molecule has 0 atom stereocenters. The van der Waals surface area contributed by atoms with Crippen molar-refractivity contribution >= 4 is 11.6 Å². The number of anilines is 1. The minimum Gasteiger partial charge on any atom is -0.497 e. The maximum absolute atomic E-state index is 11.5. The summed E-state index contributed by atoms with van der Waals surface area (Å²) in [6.45, 7) is 0.703.